The smallest absolute Gasteiger partial charge is 0.264 e. The molecule has 3 aromatic carbocycles. The SMILES string of the molecule is Cc1ccccc1N(CC(=O)N[C@@H](C)c1ccc2c(c1)CCCC2)S(=O)(=O)c1ccccc1. The standard InChI is InChI=1S/C27H30N2O3S/c1-20-10-6-9-15-26(20)29(33(31,32)25-13-4-3-5-14-25)19-27(30)28-21(2)23-17-16-22-11-7-8-12-24(22)18-23/h3-6,9-10,13-18,21H,7-8,11-12,19H2,1-2H3,(H,28,30)/t21-/m0/s1. The second-order valence-electron chi connectivity index (χ2n) is 8.64. The van der Waals surface area contributed by atoms with Crippen LogP contribution in [0.3, 0.4) is 0 Å². The number of amides is 1. The number of rotatable bonds is 7. The van der Waals surface area contributed by atoms with Crippen molar-refractivity contribution in [3.05, 3.63) is 95.1 Å². The molecule has 6 heteroatoms. The van der Waals surface area contributed by atoms with Crippen LogP contribution in [-0.4, -0.2) is 20.9 Å². The number of hydrogen-bond acceptors (Lipinski definition) is 3. The fraction of sp³-hybridized carbons (Fsp3) is 0.296. The van der Waals surface area contributed by atoms with E-state index in [4.69, 9.17) is 0 Å². The normalized spacial score (nSPS) is 14.2. The second-order valence-corrected chi connectivity index (χ2v) is 10.5. The van der Waals surface area contributed by atoms with Gasteiger partial charge in [-0.25, -0.2) is 8.42 Å². The Morgan fingerprint density at radius 3 is 2.33 bits per heavy atom. The first-order chi connectivity index (χ1) is 15.9. The number of aryl methyl sites for hydroxylation is 3. The number of anilines is 1. The zero-order valence-electron chi connectivity index (χ0n) is 19.1. The van der Waals surface area contributed by atoms with E-state index in [1.54, 1.807) is 42.5 Å². The van der Waals surface area contributed by atoms with Crippen LogP contribution in [0, 0.1) is 6.92 Å². The van der Waals surface area contributed by atoms with E-state index >= 15 is 0 Å². The molecule has 0 saturated carbocycles. The van der Waals surface area contributed by atoms with Gasteiger partial charge in [0, 0.05) is 0 Å². The predicted molar refractivity (Wildman–Crippen MR) is 132 cm³/mol. The fourth-order valence-corrected chi connectivity index (χ4v) is 5.89. The fourth-order valence-electron chi connectivity index (χ4n) is 4.39. The van der Waals surface area contributed by atoms with Gasteiger partial charge in [0.2, 0.25) is 5.91 Å². The first-order valence-corrected chi connectivity index (χ1v) is 12.8. The molecule has 172 valence electrons. The molecule has 0 spiro atoms. The summed E-state index contributed by atoms with van der Waals surface area (Å²) >= 11 is 0. The van der Waals surface area contributed by atoms with Gasteiger partial charge in [0.15, 0.2) is 0 Å². The lowest BCUT2D eigenvalue weighted by Crippen LogP contribution is -2.41. The number of nitrogens with one attached hydrogen (secondary N) is 1. The van der Waals surface area contributed by atoms with Gasteiger partial charge < -0.3 is 5.32 Å². The monoisotopic (exact) mass is 462 g/mol. The summed E-state index contributed by atoms with van der Waals surface area (Å²) in [6.45, 7) is 3.49. The van der Waals surface area contributed by atoms with Crippen LogP contribution >= 0.6 is 0 Å². The minimum atomic E-state index is -3.91. The summed E-state index contributed by atoms with van der Waals surface area (Å²) in [5.41, 5.74) is 5.07. The van der Waals surface area contributed by atoms with Gasteiger partial charge in [-0.3, -0.25) is 9.10 Å². The molecular weight excluding hydrogens is 432 g/mol. The molecule has 1 N–H and O–H groups in total. The highest BCUT2D eigenvalue weighted by molar-refractivity contribution is 7.92. The molecule has 0 radical (unpaired) electrons. The van der Waals surface area contributed by atoms with Crippen LogP contribution in [0.2, 0.25) is 0 Å². The molecule has 1 atom stereocenters. The van der Waals surface area contributed by atoms with E-state index in [0.29, 0.717) is 5.69 Å². The molecule has 1 aliphatic rings. The topological polar surface area (TPSA) is 66.5 Å². The van der Waals surface area contributed by atoms with E-state index in [1.165, 1.54) is 28.3 Å². The largest absolute Gasteiger partial charge is 0.348 e. The maximum absolute atomic E-state index is 13.5. The maximum Gasteiger partial charge on any atom is 0.264 e. The number of carbonyl (C=O) groups excluding carboxylic acids is 1. The minimum Gasteiger partial charge on any atom is -0.348 e. The van der Waals surface area contributed by atoms with Crippen molar-refractivity contribution in [2.45, 2.75) is 50.5 Å². The highest BCUT2D eigenvalue weighted by Gasteiger charge is 2.28. The molecule has 1 amide bonds. The van der Waals surface area contributed by atoms with Gasteiger partial charge in [-0.1, -0.05) is 54.6 Å². The van der Waals surface area contributed by atoms with Crippen molar-refractivity contribution in [3.63, 3.8) is 0 Å². The van der Waals surface area contributed by atoms with E-state index in [-0.39, 0.29) is 23.4 Å². The highest BCUT2D eigenvalue weighted by atomic mass is 32.2. The highest BCUT2D eigenvalue weighted by Crippen LogP contribution is 2.27. The molecular formula is C27H30N2O3S. The average molecular weight is 463 g/mol. The summed E-state index contributed by atoms with van der Waals surface area (Å²) in [7, 11) is -3.91. The third-order valence-corrected chi connectivity index (χ3v) is 8.03. The summed E-state index contributed by atoms with van der Waals surface area (Å²) in [6.07, 6.45) is 4.60. The number of benzene rings is 3. The van der Waals surface area contributed by atoms with Crippen molar-refractivity contribution in [2.75, 3.05) is 10.8 Å². The van der Waals surface area contributed by atoms with Crippen LogP contribution in [0.4, 0.5) is 5.69 Å². The predicted octanol–water partition coefficient (Wildman–Crippen LogP) is 4.95. The van der Waals surface area contributed by atoms with E-state index in [0.717, 1.165) is 24.0 Å². The number of hydrogen-bond donors (Lipinski definition) is 1. The van der Waals surface area contributed by atoms with E-state index < -0.39 is 10.0 Å². The molecule has 0 unspecified atom stereocenters. The van der Waals surface area contributed by atoms with Crippen LogP contribution in [0.15, 0.2) is 77.7 Å². The molecule has 0 aromatic heterocycles. The Bertz CT molecular complexity index is 1240. The van der Waals surface area contributed by atoms with Crippen molar-refractivity contribution >= 4 is 21.6 Å². The molecule has 4 rings (SSSR count). The van der Waals surface area contributed by atoms with Gasteiger partial charge >= 0.3 is 0 Å². The van der Waals surface area contributed by atoms with Crippen molar-refractivity contribution < 1.29 is 13.2 Å². The third kappa shape index (κ3) is 5.11. The van der Waals surface area contributed by atoms with Gasteiger partial charge in [-0.15, -0.1) is 0 Å². The third-order valence-electron chi connectivity index (χ3n) is 6.25. The van der Waals surface area contributed by atoms with Crippen molar-refractivity contribution in [1.29, 1.82) is 0 Å². The van der Waals surface area contributed by atoms with Gasteiger partial charge in [-0.05, 0) is 80.0 Å². The summed E-state index contributed by atoms with van der Waals surface area (Å²) in [5, 5.41) is 3.00. The van der Waals surface area contributed by atoms with Crippen LogP contribution in [0.25, 0.3) is 0 Å². The lowest BCUT2D eigenvalue weighted by molar-refractivity contribution is -0.120. The molecule has 0 saturated heterocycles. The summed E-state index contributed by atoms with van der Waals surface area (Å²) in [4.78, 5) is 13.2. The summed E-state index contributed by atoms with van der Waals surface area (Å²) < 4.78 is 28.2. The zero-order valence-corrected chi connectivity index (χ0v) is 19.9. The molecule has 0 fully saturated rings. The van der Waals surface area contributed by atoms with E-state index in [1.807, 2.05) is 26.0 Å². The Morgan fingerprint density at radius 2 is 1.61 bits per heavy atom. The number of nitrogens with zero attached hydrogens (tertiary/aromatic N) is 1. The quantitative estimate of drug-likeness (QED) is 0.540. The summed E-state index contributed by atoms with van der Waals surface area (Å²) in [5.74, 6) is -0.344. The molecule has 33 heavy (non-hydrogen) atoms. The molecule has 1 aliphatic carbocycles. The molecule has 0 bridgehead atoms. The van der Waals surface area contributed by atoms with Crippen LogP contribution in [0.5, 0.6) is 0 Å². The van der Waals surface area contributed by atoms with Crippen LogP contribution in [0.1, 0.15) is 48.1 Å². The van der Waals surface area contributed by atoms with Crippen molar-refractivity contribution in [2.24, 2.45) is 0 Å². The first-order valence-electron chi connectivity index (χ1n) is 11.4. The Kier molecular flexibility index (Phi) is 6.84. The Labute approximate surface area is 196 Å². The minimum absolute atomic E-state index is 0.156. The Hall–Kier alpha value is -3.12. The lowest BCUT2D eigenvalue weighted by atomic mass is 9.89. The second kappa shape index (κ2) is 9.79. The lowest BCUT2D eigenvalue weighted by Gasteiger charge is -2.26. The number of fused-ring (bicyclic) bond motifs is 1. The van der Waals surface area contributed by atoms with E-state index in [2.05, 4.69) is 23.5 Å². The number of carbonyl (C=O) groups is 1. The van der Waals surface area contributed by atoms with Gasteiger partial charge in [-0.2, -0.15) is 0 Å². The van der Waals surface area contributed by atoms with E-state index in [9.17, 15) is 13.2 Å². The maximum atomic E-state index is 13.5. The van der Waals surface area contributed by atoms with Crippen molar-refractivity contribution in [1.82, 2.24) is 5.32 Å². The Morgan fingerprint density at radius 1 is 0.939 bits per heavy atom. The first kappa shape index (κ1) is 23.1. The average Bonchev–Trinajstić information content (AvgIpc) is 2.83. The van der Waals surface area contributed by atoms with Gasteiger partial charge in [0.1, 0.15) is 6.54 Å². The van der Waals surface area contributed by atoms with Gasteiger partial charge in [0.25, 0.3) is 10.0 Å². The number of sulfonamides is 1. The van der Waals surface area contributed by atoms with Crippen molar-refractivity contribution in [3.8, 4) is 0 Å². The van der Waals surface area contributed by atoms with Crippen LogP contribution in [-0.2, 0) is 27.7 Å². The summed E-state index contributed by atoms with van der Waals surface area (Å²) in [6, 6.07) is 21.6. The molecule has 3 aromatic rings. The van der Waals surface area contributed by atoms with Crippen LogP contribution < -0.4 is 9.62 Å². The van der Waals surface area contributed by atoms with Gasteiger partial charge in [0.05, 0.1) is 16.6 Å². The molecule has 0 heterocycles. The molecule has 5 nitrogen and oxygen atoms in total. The molecule has 0 aliphatic heterocycles. The Balaban J connectivity index is 1.57. The number of para-hydroxylation sites is 1. The zero-order chi connectivity index (χ0) is 23.4.